The maximum Gasteiger partial charge on any atom is 0.143 e. The van der Waals surface area contributed by atoms with E-state index in [0.717, 1.165) is 55.5 Å². The molecule has 0 unspecified atom stereocenters. The van der Waals surface area contributed by atoms with Gasteiger partial charge >= 0.3 is 0 Å². The molecule has 2 aromatic heterocycles. The SMILES string of the molecule is c1ccc(C2(c3ccccc3)c3ccccc3-c3c(N(c4ccc(-c5ccc6sc7ccccc7c6c5)cc4)c4ccc(-c5cccc6c5oc5c7ccccc7ccc65)cc4)cccc32)cc1. The number of nitrogens with zero attached hydrogens (tertiary/aromatic N) is 1. The van der Waals surface area contributed by atoms with E-state index in [2.05, 4.69) is 254 Å². The zero-order chi connectivity index (χ0) is 44.8. The minimum atomic E-state index is -0.523. The van der Waals surface area contributed by atoms with Crippen LogP contribution in [0.15, 0.2) is 253 Å². The van der Waals surface area contributed by atoms with Crippen LogP contribution in [0, 0.1) is 0 Å². The quantitative estimate of drug-likeness (QED) is 0.159. The number of fused-ring (bicyclic) bond motifs is 11. The molecule has 2 nitrogen and oxygen atoms in total. The van der Waals surface area contributed by atoms with Gasteiger partial charge in [-0.1, -0.05) is 194 Å². The van der Waals surface area contributed by atoms with Crippen molar-refractivity contribution in [3.8, 4) is 33.4 Å². The third-order valence-corrected chi connectivity index (χ3v) is 15.5. The van der Waals surface area contributed by atoms with Crippen molar-refractivity contribution < 1.29 is 4.42 Å². The second-order valence-electron chi connectivity index (χ2n) is 17.9. The molecule has 13 aromatic rings. The fourth-order valence-corrected chi connectivity index (χ4v) is 12.4. The molecule has 0 amide bonds. The molecule has 318 valence electrons. The molecular weight excluding hydrogens is 843 g/mol. The van der Waals surface area contributed by atoms with Crippen molar-refractivity contribution in [2.75, 3.05) is 4.90 Å². The lowest BCUT2D eigenvalue weighted by Gasteiger charge is -2.34. The molecule has 2 heterocycles. The minimum Gasteiger partial charge on any atom is -0.455 e. The highest BCUT2D eigenvalue weighted by Crippen LogP contribution is 2.59. The molecule has 0 saturated heterocycles. The van der Waals surface area contributed by atoms with Gasteiger partial charge in [-0.25, -0.2) is 0 Å². The van der Waals surface area contributed by atoms with Crippen LogP contribution >= 0.6 is 11.3 Å². The molecule has 0 saturated carbocycles. The highest BCUT2D eigenvalue weighted by Gasteiger charge is 2.47. The van der Waals surface area contributed by atoms with Crippen LogP contribution in [0.3, 0.4) is 0 Å². The van der Waals surface area contributed by atoms with Gasteiger partial charge in [-0.05, 0) is 104 Å². The van der Waals surface area contributed by atoms with E-state index in [1.807, 2.05) is 11.3 Å². The summed E-state index contributed by atoms with van der Waals surface area (Å²) in [5, 5.41) is 7.18. The van der Waals surface area contributed by atoms with Gasteiger partial charge in [0.1, 0.15) is 11.2 Å². The summed E-state index contributed by atoms with van der Waals surface area (Å²) in [6.07, 6.45) is 0. The lowest BCUT2D eigenvalue weighted by atomic mass is 9.68. The van der Waals surface area contributed by atoms with E-state index in [1.54, 1.807) is 0 Å². The Balaban J connectivity index is 0.957. The van der Waals surface area contributed by atoms with Crippen LogP contribution in [-0.4, -0.2) is 0 Å². The summed E-state index contributed by atoms with van der Waals surface area (Å²) in [7, 11) is 0. The Morgan fingerprint density at radius 1 is 0.353 bits per heavy atom. The van der Waals surface area contributed by atoms with Crippen molar-refractivity contribution in [2.45, 2.75) is 5.41 Å². The molecule has 0 bridgehead atoms. The Morgan fingerprint density at radius 2 is 0.926 bits per heavy atom. The van der Waals surface area contributed by atoms with Gasteiger partial charge in [0.25, 0.3) is 0 Å². The number of thiophene rings is 1. The van der Waals surface area contributed by atoms with Gasteiger partial charge < -0.3 is 9.32 Å². The molecule has 0 N–H and O–H groups in total. The van der Waals surface area contributed by atoms with E-state index in [9.17, 15) is 0 Å². The van der Waals surface area contributed by atoms with Gasteiger partial charge in [0.15, 0.2) is 0 Å². The summed E-state index contributed by atoms with van der Waals surface area (Å²) < 4.78 is 9.45. The zero-order valence-electron chi connectivity index (χ0n) is 36.9. The first kappa shape index (κ1) is 38.7. The van der Waals surface area contributed by atoms with Crippen molar-refractivity contribution >= 4 is 81.3 Å². The first-order valence-corrected chi connectivity index (χ1v) is 24.1. The monoisotopic (exact) mass is 883 g/mol. The third-order valence-electron chi connectivity index (χ3n) is 14.4. The van der Waals surface area contributed by atoms with Crippen LogP contribution in [0.2, 0.25) is 0 Å². The normalized spacial score (nSPS) is 12.8. The Hall–Kier alpha value is -8.50. The molecule has 14 rings (SSSR count). The van der Waals surface area contributed by atoms with Crippen LogP contribution < -0.4 is 4.90 Å². The molecule has 0 radical (unpaired) electrons. The fraction of sp³-hybridized carbons (Fsp3) is 0.0154. The second kappa shape index (κ2) is 15.3. The average molecular weight is 884 g/mol. The topological polar surface area (TPSA) is 16.4 Å². The van der Waals surface area contributed by atoms with Gasteiger partial charge in [-0.15, -0.1) is 11.3 Å². The van der Waals surface area contributed by atoms with E-state index < -0.39 is 5.41 Å². The van der Waals surface area contributed by atoms with Crippen molar-refractivity contribution in [3.63, 3.8) is 0 Å². The zero-order valence-corrected chi connectivity index (χ0v) is 37.8. The summed E-state index contributed by atoms with van der Waals surface area (Å²) >= 11 is 1.86. The summed E-state index contributed by atoms with van der Waals surface area (Å²) in [5.74, 6) is 0. The highest BCUT2D eigenvalue weighted by molar-refractivity contribution is 7.25. The van der Waals surface area contributed by atoms with Crippen LogP contribution in [-0.2, 0) is 5.41 Å². The summed E-state index contributed by atoms with van der Waals surface area (Å²) in [6, 6.07) is 91.3. The largest absolute Gasteiger partial charge is 0.455 e. The first-order valence-electron chi connectivity index (χ1n) is 23.3. The van der Waals surface area contributed by atoms with Crippen LogP contribution in [0.25, 0.3) is 86.3 Å². The standard InChI is InChI=1S/C65H41NOS/c1-3-16-46(17-4-1)65(47-18-5-2-6-19-47)57-25-11-9-22-55(57)62-58(65)26-14-27-59(62)66(48-35-29-42(30-36-48)45-34-40-61-56(41-45)52-21-10-12-28-60(52)68-61)49-37-31-44(32-38-49)51-23-13-24-53-54-39-33-43-15-7-8-20-50(43)64(54)67-63(51)53/h1-41H. The second-order valence-corrected chi connectivity index (χ2v) is 19.0. The van der Waals surface area contributed by atoms with Gasteiger partial charge in [0.05, 0.1) is 11.1 Å². The molecule has 0 atom stereocenters. The van der Waals surface area contributed by atoms with E-state index in [-0.39, 0.29) is 0 Å². The summed E-state index contributed by atoms with van der Waals surface area (Å²) in [6.45, 7) is 0. The van der Waals surface area contributed by atoms with Crippen molar-refractivity contribution in [1.82, 2.24) is 0 Å². The van der Waals surface area contributed by atoms with Gasteiger partial charge in [-0.3, -0.25) is 0 Å². The first-order chi connectivity index (χ1) is 33.7. The molecule has 1 aliphatic carbocycles. The van der Waals surface area contributed by atoms with Crippen molar-refractivity contribution in [1.29, 1.82) is 0 Å². The maximum absolute atomic E-state index is 6.82. The fourth-order valence-electron chi connectivity index (χ4n) is 11.3. The van der Waals surface area contributed by atoms with Crippen LogP contribution in [0.4, 0.5) is 17.1 Å². The molecule has 3 heteroatoms. The molecule has 11 aromatic carbocycles. The number of anilines is 3. The molecule has 1 aliphatic rings. The summed E-state index contributed by atoms with van der Waals surface area (Å²) in [5.41, 5.74) is 16.7. The van der Waals surface area contributed by atoms with Gasteiger partial charge in [0, 0.05) is 58.8 Å². The van der Waals surface area contributed by atoms with E-state index >= 15 is 0 Å². The highest BCUT2D eigenvalue weighted by atomic mass is 32.1. The smallest absolute Gasteiger partial charge is 0.143 e. The Labute approximate surface area is 398 Å². The predicted molar refractivity (Wildman–Crippen MR) is 287 cm³/mol. The number of hydrogen-bond donors (Lipinski definition) is 0. The van der Waals surface area contributed by atoms with E-state index in [4.69, 9.17) is 4.42 Å². The van der Waals surface area contributed by atoms with Gasteiger partial charge in [0.2, 0.25) is 0 Å². The molecule has 0 fully saturated rings. The number of para-hydroxylation sites is 1. The maximum atomic E-state index is 6.82. The average Bonchev–Trinajstić information content (AvgIpc) is 4.09. The van der Waals surface area contributed by atoms with Crippen LogP contribution in [0.1, 0.15) is 22.3 Å². The molecule has 68 heavy (non-hydrogen) atoms. The number of benzene rings is 11. The summed E-state index contributed by atoms with van der Waals surface area (Å²) in [4.78, 5) is 2.46. The third kappa shape index (κ3) is 5.76. The number of furan rings is 1. The lowest BCUT2D eigenvalue weighted by Crippen LogP contribution is -2.28. The van der Waals surface area contributed by atoms with Crippen molar-refractivity contribution in [3.05, 3.63) is 271 Å². The molecular formula is C65H41NOS. The molecule has 0 aliphatic heterocycles. The molecule has 0 spiro atoms. The van der Waals surface area contributed by atoms with Gasteiger partial charge in [-0.2, -0.15) is 0 Å². The Morgan fingerprint density at radius 3 is 1.71 bits per heavy atom. The lowest BCUT2D eigenvalue weighted by molar-refractivity contribution is 0.674. The Bertz CT molecular complexity index is 4030. The van der Waals surface area contributed by atoms with E-state index in [1.165, 1.54) is 70.1 Å². The Kier molecular flexibility index (Phi) is 8.71. The van der Waals surface area contributed by atoms with E-state index in [0.29, 0.717) is 0 Å². The van der Waals surface area contributed by atoms with Crippen molar-refractivity contribution in [2.24, 2.45) is 0 Å². The van der Waals surface area contributed by atoms with Crippen LogP contribution in [0.5, 0.6) is 0 Å². The minimum absolute atomic E-state index is 0.523. The predicted octanol–water partition coefficient (Wildman–Crippen LogP) is 18.3. The number of rotatable bonds is 7. The number of hydrogen-bond acceptors (Lipinski definition) is 3.